The van der Waals surface area contributed by atoms with Crippen molar-refractivity contribution >= 4 is 11.2 Å². The Bertz CT molecular complexity index is 1370. The van der Waals surface area contributed by atoms with Gasteiger partial charge in [-0.3, -0.25) is 0 Å². The molecule has 2 heterocycles. The zero-order chi connectivity index (χ0) is 22.1. The topological polar surface area (TPSA) is 48.2 Å². The lowest BCUT2D eigenvalue weighted by Gasteiger charge is -2.09. The Morgan fingerprint density at radius 2 is 1.38 bits per heavy atom. The molecular formula is C27H21FN2O2. The second-order valence-electron chi connectivity index (χ2n) is 7.51. The fourth-order valence-electron chi connectivity index (χ4n) is 3.67. The number of hydrogen-bond acceptors (Lipinski definition) is 4. The summed E-state index contributed by atoms with van der Waals surface area (Å²) >= 11 is 0. The predicted octanol–water partition coefficient (Wildman–Crippen LogP) is 6.93. The summed E-state index contributed by atoms with van der Waals surface area (Å²) in [5, 5.41) is 0. The molecule has 5 heteroatoms. The Morgan fingerprint density at radius 3 is 2.00 bits per heavy atom. The first-order chi connectivity index (χ1) is 15.6. The molecule has 0 aliphatic heterocycles. The lowest BCUT2D eigenvalue weighted by Crippen LogP contribution is -1.94. The summed E-state index contributed by atoms with van der Waals surface area (Å²) in [6.07, 6.45) is 0.982. The minimum Gasteiger partial charge on any atom is -0.497 e. The molecule has 5 aromatic rings. The molecule has 0 N–H and O–H groups in total. The summed E-state index contributed by atoms with van der Waals surface area (Å²) in [7, 11) is 1.63. The van der Waals surface area contributed by atoms with E-state index in [1.165, 1.54) is 17.7 Å². The molecule has 0 amide bonds. The second-order valence-corrected chi connectivity index (χ2v) is 7.51. The molecule has 0 unspecified atom stereocenters. The Labute approximate surface area is 185 Å². The average molecular weight is 424 g/mol. The molecule has 3 aromatic carbocycles. The Morgan fingerprint density at radius 1 is 0.781 bits per heavy atom. The number of halogens is 1. The minimum atomic E-state index is -0.296. The monoisotopic (exact) mass is 424 g/mol. The number of aryl methyl sites for hydroxylation is 1. The highest BCUT2D eigenvalue weighted by atomic mass is 19.1. The van der Waals surface area contributed by atoms with Crippen molar-refractivity contribution in [1.29, 1.82) is 0 Å². The standard InChI is InChI=1S/C27H21FN2O2/c1-3-17-4-6-18(7-5-17)24-16-23-27(32-24)30-26(20-10-14-22(31-2)15-11-20)25(29-23)19-8-12-21(28)13-9-19/h4-16H,3H2,1-2H3. The second kappa shape index (κ2) is 8.27. The van der Waals surface area contributed by atoms with Gasteiger partial charge in [-0.15, -0.1) is 0 Å². The molecule has 0 fully saturated rings. The van der Waals surface area contributed by atoms with Crippen LogP contribution in [0.2, 0.25) is 0 Å². The summed E-state index contributed by atoms with van der Waals surface area (Å²) < 4.78 is 24.9. The van der Waals surface area contributed by atoms with Gasteiger partial charge in [-0.2, -0.15) is 0 Å². The van der Waals surface area contributed by atoms with Crippen molar-refractivity contribution < 1.29 is 13.5 Å². The number of aromatic nitrogens is 2. The van der Waals surface area contributed by atoms with Crippen LogP contribution in [0.3, 0.4) is 0 Å². The Hall–Kier alpha value is -3.99. The highest BCUT2D eigenvalue weighted by Gasteiger charge is 2.17. The smallest absolute Gasteiger partial charge is 0.246 e. The molecule has 0 saturated heterocycles. The summed E-state index contributed by atoms with van der Waals surface area (Å²) in [5.41, 5.74) is 6.31. The van der Waals surface area contributed by atoms with Crippen LogP contribution in [0.4, 0.5) is 4.39 Å². The number of fused-ring (bicyclic) bond motifs is 1. The highest BCUT2D eigenvalue weighted by Crippen LogP contribution is 2.34. The Kier molecular flexibility index (Phi) is 5.15. The first-order valence-corrected chi connectivity index (χ1v) is 10.5. The molecule has 32 heavy (non-hydrogen) atoms. The molecular weight excluding hydrogens is 403 g/mol. The van der Waals surface area contributed by atoms with Crippen LogP contribution >= 0.6 is 0 Å². The van der Waals surface area contributed by atoms with Gasteiger partial charge in [-0.1, -0.05) is 31.2 Å². The van der Waals surface area contributed by atoms with Gasteiger partial charge in [0.2, 0.25) is 5.71 Å². The molecule has 4 nitrogen and oxygen atoms in total. The number of benzene rings is 3. The van der Waals surface area contributed by atoms with Crippen molar-refractivity contribution in [3.8, 4) is 39.6 Å². The first kappa shape index (κ1) is 19.9. The van der Waals surface area contributed by atoms with E-state index in [4.69, 9.17) is 19.1 Å². The van der Waals surface area contributed by atoms with Crippen LogP contribution in [-0.4, -0.2) is 17.1 Å². The number of ether oxygens (including phenoxy) is 1. The number of hydrogen-bond donors (Lipinski definition) is 0. The van der Waals surface area contributed by atoms with Gasteiger partial charge in [0.1, 0.15) is 28.5 Å². The Balaban J connectivity index is 1.67. The number of rotatable bonds is 5. The molecule has 2 aromatic heterocycles. The molecule has 158 valence electrons. The van der Waals surface area contributed by atoms with Crippen molar-refractivity contribution in [2.24, 2.45) is 0 Å². The average Bonchev–Trinajstić information content (AvgIpc) is 3.27. The van der Waals surface area contributed by atoms with E-state index >= 15 is 0 Å². The summed E-state index contributed by atoms with van der Waals surface area (Å²) in [4.78, 5) is 9.68. The van der Waals surface area contributed by atoms with Gasteiger partial charge in [-0.25, -0.2) is 14.4 Å². The third kappa shape index (κ3) is 3.73. The van der Waals surface area contributed by atoms with Crippen LogP contribution in [0.15, 0.2) is 83.3 Å². The molecule has 0 aliphatic rings. The van der Waals surface area contributed by atoms with E-state index in [9.17, 15) is 4.39 Å². The van der Waals surface area contributed by atoms with Crippen LogP contribution in [-0.2, 0) is 6.42 Å². The van der Waals surface area contributed by atoms with Crippen molar-refractivity contribution in [2.45, 2.75) is 13.3 Å². The molecule has 5 rings (SSSR count). The predicted molar refractivity (Wildman–Crippen MR) is 124 cm³/mol. The summed E-state index contributed by atoms with van der Waals surface area (Å²) in [6, 6.07) is 24.0. The number of methoxy groups -OCH3 is 1. The quantitative estimate of drug-likeness (QED) is 0.307. The SMILES string of the molecule is CCc1ccc(-c2cc3nc(-c4ccc(F)cc4)c(-c4ccc(OC)cc4)nc3o2)cc1. The van der Waals surface area contributed by atoms with Gasteiger partial charge in [0, 0.05) is 22.8 Å². The van der Waals surface area contributed by atoms with E-state index in [1.54, 1.807) is 19.2 Å². The highest BCUT2D eigenvalue weighted by molar-refractivity contribution is 5.86. The molecule has 0 saturated carbocycles. The normalized spacial score (nSPS) is 11.1. The van der Waals surface area contributed by atoms with Crippen LogP contribution in [0.5, 0.6) is 5.75 Å². The lowest BCUT2D eigenvalue weighted by atomic mass is 10.0. The number of furan rings is 1. The molecule has 0 radical (unpaired) electrons. The van der Waals surface area contributed by atoms with E-state index in [0.29, 0.717) is 28.4 Å². The van der Waals surface area contributed by atoms with Gasteiger partial charge in [0.25, 0.3) is 0 Å². The maximum Gasteiger partial charge on any atom is 0.246 e. The molecule has 0 atom stereocenters. The van der Waals surface area contributed by atoms with Gasteiger partial charge < -0.3 is 9.15 Å². The number of nitrogens with zero attached hydrogens (tertiary/aromatic N) is 2. The lowest BCUT2D eigenvalue weighted by molar-refractivity contribution is 0.415. The van der Waals surface area contributed by atoms with E-state index in [2.05, 4.69) is 19.1 Å². The van der Waals surface area contributed by atoms with E-state index in [0.717, 1.165) is 28.9 Å². The maximum atomic E-state index is 13.5. The van der Waals surface area contributed by atoms with Gasteiger partial charge in [-0.05, 0) is 60.5 Å². The minimum absolute atomic E-state index is 0.296. The summed E-state index contributed by atoms with van der Waals surface area (Å²) in [6.45, 7) is 2.13. The van der Waals surface area contributed by atoms with Crippen molar-refractivity contribution in [3.05, 3.63) is 90.2 Å². The van der Waals surface area contributed by atoms with Crippen LogP contribution < -0.4 is 4.74 Å². The van der Waals surface area contributed by atoms with Gasteiger partial charge in [0.05, 0.1) is 12.8 Å². The van der Waals surface area contributed by atoms with Crippen LogP contribution in [0.1, 0.15) is 12.5 Å². The van der Waals surface area contributed by atoms with Crippen molar-refractivity contribution in [3.63, 3.8) is 0 Å². The molecule has 0 aliphatic carbocycles. The third-order valence-corrected chi connectivity index (χ3v) is 5.49. The fraction of sp³-hybridized carbons (Fsp3) is 0.111. The molecule has 0 bridgehead atoms. The molecule has 0 spiro atoms. The van der Waals surface area contributed by atoms with E-state index < -0.39 is 0 Å². The third-order valence-electron chi connectivity index (χ3n) is 5.49. The largest absolute Gasteiger partial charge is 0.497 e. The summed E-state index contributed by atoms with van der Waals surface area (Å²) in [5.74, 6) is 1.16. The van der Waals surface area contributed by atoms with Crippen LogP contribution in [0, 0.1) is 5.82 Å². The van der Waals surface area contributed by atoms with Crippen molar-refractivity contribution in [1.82, 2.24) is 9.97 Å². The van der Waals surface area contributed by atoms with Gasteiger partial charge >= 0.3 is 0 Å². The zero-order valence-electron chi connectivity index (χ0n) is 17.8. The fourth-order valence-corrected chi connectivity index (χ4v) is 3.67. The maximum absolute atomic E-state index is 13.5. The van der Waals surface area contributed by atoms with Gasteiger partial charge in [0.15, 0.2) is 0 Å². The van der Waals surface area contributed by atoms with E-state index in [-0.39, 0.29) is 5.82 Å². The van der Waals surface area contributed by atoms with Crippen LogP contribution in [0.25, 0.3) is 45.1 Å². The first-order valence-electron chi connectivity index (χ1n) is 10.5. The zero-order valence-corrected chi connectivity index (χ0v) is 17.8. The van der Waals surface area contributed by atoms with E-state index in [1.807, 2.05) is 42.5 Å². The van der Waals surface area contributed by atoms with Crippen molar-refractivity contribution in [2.75, 3.05) is 7.11 Å².